The number of aliphatic imine (C=N–C) groups is 1. The van der Waals surface area contributed by atoms with Gasteiger partial charge in [-0.05, 0) is 31.6 Å². The fraction of sp³-hybridized carbons (Fsp3) is 0.864. The third-order valence-electron chi connectivity index (χ3n) is 5.82. The number of hydrogen-bond donors (Lipinski definition) is 1. The lowest BCUT2D eigenvalue weighted by Gasteiger charge is -2.35. The van der Waals surface area contributed by atoms with Crippen LogP contribution < -0.4 is 5.73 Å². The maximum absolute atomic E-state index is 12.4. The van der Waals surface area contributed by atoms with Crippen molar-refractivity contribution in [2.75, 3.05) is 45.8 Å². The molecule has 0 atom stereocenters. The van der Waals surface area contributed by atoms with Crippen molar-refractivity contribution in [1.82, 2.24) is 14.7 Å². The number of guanidine groups is 1. The van der Waals surface area contributed by atoms with Crippen LogP contribution in [-0.4, -0.2) is 78.3 Å². The first-order chi connectivity index (χ1) is 14.0. The van der Waals surface area contributed by atoms with Crippen LogP contribution in [0.1, 0.15) is 71.6 Å². The first-order valence-electron chi connectivity index (χ1n) is 11.6. The second-order valence-corrected chi connectivity index (χ2v) is 8.81. The molecule has 0 aromatic carbocycles. The number of carbonyl (C=O) groups excluding carboxylic acids is 2. The van der Waals surface area contributed by atoms with Crippen molar-refractivity contribution in [1.29, 1.82) is 0 Å². The van der Waals surface area contributed by atoms with Crippen molar-refractivity contribution >= 4 is 17.8 Å². The van der Waals surface area contributed by atoms with Crippen LogP contribution in [0.5, 0.6) is 0 Å². The van der Waals surface area contributed by atoms with E-state index < -0.39 is 0 Å². The van der Waals surface area contributed by atoms with Gasteiger partial charge in [-0.2, -0.15) is 0 Å². The number of unbranched alkanes of at least 4 members (excludes halogenated alkanes) is 2. The lowest BCUT2D eigenvalue weighted by Crippen LogP contribution is -2.50. The molecule has 29 heavy (non-hydrogen) atoms. The summed E-state index contributed by atoms with van der Waals surface area (Å²) in [7, 11) is 0. The van der Waals surface area contributed by atoms with Gasteiger partial charge in [0.25, 0.3) is 0 Å². The number of hydrogen-bond acceptors (Lipinski definition) is 3. The molecule has 2 aliphatic heterocycles. The Morgan fingerprint density at radius 2 is 1.38 bits per heavy atom. The first kappa shape index (κ1) is 23.5. The van der Waals surface area contributed by atoms with E-state index in [2.05, 4.69) is 23.7 Å². The molecule has 0 aliphatic carbocycles. The minimum atomic E-state index is 0.215. The number of piperazine rings is 1. The molecule has 0 aromatic rings. The molecule has 7 heteroatoms. The van der Waals surface area contributed by atoms with E-state index in [0.717, 1.165) is 38.9 Å². The van der Waals surface area contributed by atoms with Crippen LogP contribution in [0.25, 0.3) is 0 Å². The van der Waals surface area contributed by atoms with E-state index in [1.165, 1.54) is 25.7 Å². The predicted molar refractivity (Wildman–Crippen MR) is 118 cm³/mol. The first-order valence-corrected chi connectivity index (χ1v) is 11.6. The Balaban J connectivity index is 1.56. The molecule has 2 saturated heterocycles. The van der Waals surface area contributed by atoms with E-state index in [9.17, 15) is 9.59 Å². The van der Waals surface area contributed by atoms with Crippen molar-refractivity contribution in [2.45, 2.75) is 71.6 Å². The minimum absolute atomic E-state index is 0.215. The van der Waals surface area contributed by atoms with E-state index in [1.807, 2.05) is 9.80 Å². The maximum Gasteiger partial charge on any atom is 0.222 e. The van der Waals surface area contributed by atoms with Crippen molar-refractivity contribution in [3.63, 3.8) is 0 Å². The lowest BCUT2D eigenvalue weighted by molar-refractivity contribution is -0.140. The average Bonchev–Trinajstić information content (AvgIpc) is 2.99. The van der Waals surface area contributed by atoms with Crippen molar-refractivity contribution in [3.8, 4) is 0 Å². The summed E-state index contributed by atoms with van der Waals surface area (Å²) in [6, 6.07) is 0. The highest BCUT2D eigenvalue weighted by Crippen LogP contribution is 2.11. The van der Waals surface area contributed by atoms with Crippen molar-refractivity contribution in [2.24, 2.45) is 16.6 Å². The number of nitrogens with zero attached hydrogens (tertiary/aromatic N) is 4. The van der Waals surface area contributed by atoms with Crippen LogP contribution in [0, 0.1) is 5.92 Å². The van der Waals surface area contributed by atoms with Gasteiger partial charge in [0.15, 0.2) is 5.96 Å². The lowest BCUT2D eigenvalue weighted by atomic mass is 10.1. The molecule has 0 saturated carbocycles. The van der Waals surface area contributed by atoms with Crippen LogP contribution in [0.15, 0.2) is 4.99 Å². The Labute approximate surface area is 176 Å². The molecular weight excluding hydrogens is 366 g/mol. The maximum atomic E-state index is 12.4. The topological polar surface area (TPSA) is 82.2 Å². The summed E-state index contributed by atoms with van der Waals surface area (Å²) in [4.78, 5) is 35.1. The van der Waals surface area contributed by atoms with E-state index in [4.69, 9.17) is 5.73 Å². The molecule has 2 heterocycles. The smallest absolute Gasteiger partial charge is 0.222 e. The molecule has 0 unspecified atom stereocenters. The zero-order chi connectivity index (χ0) is 21.1. The Hall–Kier alpha value is -1.79. The van der Waals surface area contributed by atoms with Crippen molar-refractivity contribution in [3.05, 3.63) is 0 Å². The van der Waals surface area contributed by atoms with E-state index in [1.54, 1.807) is 0 Å². The second-order valence-electron chi connectivity index (χ2n) is 8.81. The van der Waals surface area contributed by atoms with Gasteiger partial charge in [-0.15, -0.1) is 0 Å². The summed E-state index contributed by atoms with van der Waals surface area (Å²) in [5, 5.41) is 0. The SMILES string of the molecule is CC(C)CC(=O)N1CCN(C(=O)CCCCCN=C(N)N2CCCCCC2)CC1. The molecule has 2 rings (SSSR count). The summed E-state index contributed by atoms with van der Waals surface area (Å²) in [5.74, 6) is 1.50. The van der Waals surface area contributed by atoms with Gasteiger partial charge in [0.05, 0.1) is 0 Å². The third kappa shape index (κ3) is 8.62. The zero-order valence-electron chi connectivity index (χ0n) is 18.6. The molecule has 0 aromatic heterocycles. The van der Waals surface area contributed by atoms with Crippen LogP contribution in [0.4, 0.5) is 0 Å². The summed E-state index contributed by atoms with van der Waals surface area (Å²) in [6.07, 6.45) is 9.04. The molecule has 0 radical (unpaired) electrons. The molecule has 0 spiro atoms. The number of nitrogens with two attached hydrogens (primary N) is 1. The number of carbonyl (C=O) groups is 2. The highest BCUT2D eigenvalue weighted by atomic mass is 16.2. The van der Waals surface area contributed by atoms with Gasteiger partial charge in [-0.3, -0.25) is 14.6 Å². The molecular formula is C22H41N5O2. The Kier molecular flexibility index (Phi) is 10.3. The second kappa shape index (κ2) is 12.7. The Morgan fingerprint density at radius 1 is 0.793 bits per heavy atom. The molecule has 2 fully saturated rings. The van der Waals surface area contributed by atoms with Gasteiger partial charge < -0.3 is 20.4 Å². The van der Waals surface area contributed by atoms with Gasteiger partial charge in [0.2, 0.25) is 11.8 Å². The minimum Gasteiger partial charge on any atom is -0.370 e. The van der Waals surface area contributed by atoms with Crippen LogP contribution in [0.3, 0.4) is 0 Å². The monoisotopic (exact) mass is 407 g/mol. The Morgan fingerprint density at radius 3 is 1.97 bits per heavy atom. The van der Waals surface area contributed by atoms with Crippen LogP contribution in [-0.2, 0) is 9.59 Å². The molecule has 0 bridgehead atoms. The fourth-order valence-electron chi connectivity index (χ4n) is 4.00. The van der Waals surface area contributed by atoms with Gasteiger partial charge in [-0.25, -0.2) is 0 Å². The van der Waals surface area contributed by atoms with Gasteiger partial charge in [-0.1, -0.05) is 33.1 Å². The zero-order valence-corrected chi connectivity index (χ0v) is 18.6. The average molecular weight is 408 g/mol. The Bertz CT molecular complexity index is 533. The van der Waals surface area contributed by atoms with Crippen LogP contribution in [0.2, 0.25) is 0 Å². The molecule has 2 aliphatic rings. The largest absolute Gasteiger partial charge is 0.370 e. The molecule has 2 N–H and O–H groups in total. The van der Waals surface area contributed by atoms with E-state index >= 15 is 0 Å². The molecule has 2 amide bonds. The van der Waals surface area contributed by atoms with Crippen molar-refractivity contribution < 1.29 is 9.59 Å². The van der Waals surface area contributed by atoms with Crippen LogP contribution >= 0.6 is 0 Å². The normalized spacial score (nSPS) is 18.9. The van der Waals surface area contributed by atoms with Gasteiger partial charge >= 0.3 is 0 Å². The van der Waals surface area contributed by atoms with E-state index in [0.29, 0.717) is 50.9 Å². The van der Waals surface area contributed by atoms with Gasteiger partial charge in [0, 0.05) is 58.7 Å². The number of rotatable bonds is 8. The molecule has 166 valence electrons. The highest BCUT2D eigenvalue weighted by molar-refractivity contribution is 5.79. The quantitative estimate of drug-likeness (QED) is 0.381. The number of amides is 2. The van der Waals surface area contributed by atoms with Gasteiger partial charge in [0.1, 0.15) is 0 Å². The fourth-order valence-corrected chi connectivity index (χ4v) is 4.00. The summed E-state index contributed by atoms with van der Waals surface area (Å²) in [5.41, 5.74) is 6.12. The highest BCUT2D eigenvalue weighted by Gasteiger charge is 2.23. The predicted octanol–water partition coefficient (Wildman–Crippen LogP) is 2.45. The number of likely N-dealkylation sites (tertiary alicyclic amines) is 1. The third-order valence-corrected chi connectivity index (χ3v) is 5.82. The molecule has 7 nitrogen and oxygen atoms in total. The summed E-state index contributed by atoms with van der Waals surface area (Å²) in [6.45, 7) is 9.59. The summed E-state index contributed by atoms with van der Waals surface area (Å²) >= 11 is 0. The summed E-state index contributed by atoms with van der Waals surface area (Å²) < 4.78 is 0. The standard InChI is InChI=1S/C22H41N5O2/c1-19(2)18-21(29)26-16-14-25(15-17-26)20(28)10-6-5-7-11-24-22(23)27-12-8-3-4-9-13-27/h19H,3-18H2,1-2H3,(H2,23,24). The van der Waals surface area contributed by atoms with E-state index in [-0.39, 0.29) is 11.8 Å².